The van der Waals surface area contributed by atoms with Gasteiger partial charge in [-0.05, 0) is 25.0 Å². The second-order valence-corrected chi connectivity index (χ2v) is 3.76. The van der Waals surface area contributed by atoms with Crippen molar-refractivity contribution in [3.05, 3.63) is 36.3 Å². The number of rotatable bonds is 3. The number of pyridine rings is 1. The van der Waals surface area contributed by atoms with E-state index in [1.54, 1.807) is 0 Å². The van der Waals surface area contributed by atoms with Crippen LogP contribution in [0.1, 0.15) is 12.1 Å². The molecule has 3 heteroatoms. The highest BCUT2D eigenvalue weighted by atomic mass is 79.9. The smallest absolute Gasteiger partial charge is 0.136 e. The number of hydrogen-bond donors (Lipinski definition) is 0. The molecule has 2 aromatic heterocycles. The van der Waals surface area contributed by atoms with E-state index in [4.69, 9.17) is 0 Å². The molecule has 0 fully saturated rings. The number of aryl methyl sites for hydroxylation is 1. The Morgan fingerprint density at radius 3 is 3.15 bits per heavy atom. The molecule has 13 heavy (non-hydrogen) atoms. The van der Waals surface area contributed by atoms with Crippen molar-refractivity contribution in [1.29, 1.82) is 0 Å². The van der Waals surface area contributed by atoms with Crippen LogP contribution >= 0.6 is 15.9 Å². The zero-order valence-corrected chi connectivity index (χ0v) is 8.87. The van der Waals surface area contributed by atoms with Crippen LogP contribution in [0.25, 0.3) is 5.65 Å². The monoisotopic (exact) mass is 238 g/mol. The second kappa shape index (κ2) is 3.92. The molecule has 0 spiro atoms. The Hall–Kier alpha value is -0.830. The number of imidazole rings is 1. The van der Waals surface area contributed by atoms with E-state index in [-0.39, 0.29) is 0 Å². The number of aromatic nitrogens is 2. The first-order valence-corrected chi connectivity index (χ1v) is 5.51. The number of fused-ring (bicyclic) bond motifs is 1. The standard InChI is InChI=1S/C10H11BrN2/c11-6-3-4-9-8-12-10-5-1-2-7-13(9)10/h1-2,5,7-8H,3-4,6H2. The maximum absolute atomic E-state index is 4.32. The van der Waals surface area contributed by atoms with Gasteiger partial charge in [0.1, 0.15) is 5.65 Å². The lowest BCUT2D eigenvalue weighted by Gasteiger charge is -1.98. The van der Waals surface area contributed by atoms with E-state index in [0.29, 0.717) is 0 Å². The molecule has 2 aromatic rings. The van der Waals surface area contributed by atoms with Crippen LogP contribution < -0.4 is 0 Å². The summed E-state index contributed by atoms with van der Waals surface area (Å²) in [5, 5.41) is 1.05. The highest BCUT2D eigenvalue weighted by Crippen LogP contribution is 2.08. The Bertz CT molecular complexity index is 394. The summed E-state index contributed by atoms with van der Waals surface area (Å²) in [7, 11) is 0. The van der Waals surface area contributed by atoms with Crippen molar-refractivity contribution in [2.24, 2.45) is 0 Å². The molecule has 0 radical (unpaired) electrons. The first-order valence-electron chi connectivity index (χ1n) is 4.39. The highest BCUT2D eigenvalue weighted by Gasteiger charge is 2.00. The lowest BCUT2D eigenvalue weighted by atomic mass is 10.3. The maximum atomic E-state index is 4.32. The average molecular weight is 239 g/mol. The van der Waals surface area contributed by atoms with Crippen molar-refractivity contribution in [3.8, 4) is 0 Å². The molecule has 0 unspecified atom stereocenters. The van der Waals surface area contributed by atoms with E-state index in [2.05, 4.69) is 31.5 Å². The lowest BCUT2D eigenvalue weighted by molar-refractivity contribution is 0.880. The molecule has 0 aliphatic carbocycles. The van der Waals surface area contributed by atoms with Gasteiger partial charge in [-0.15, -0.1) is 0 Å². The Balaban J connectivity index is 2.35. The SMILES string of the molecule is BrCCCc1cnc2ccccn12. The zero-order chi connectivity index (χ0) is 9.10. The van der Waals surface area contributed by atoms with Gasteiger partial charge in [-0.25, -0.2) is 4.98 Å². The third-order valence-corrected chi connectivity index (χ3v) is 2.62. The molecule has 68 valence electrons. The van der Waals surface area contributed by atoms with Gasteiger partial charge in [0.25, 0.3) is 0 Å². The molecule has 0 atom stereocenters. The molecular weight excluding hydrogens is 228 g/mol. The first-order chi connectivity index (χ1) is 6.42. The molecule has 0 aliphatic heterocycles. The summed E-state index contributed by atoms with van der Waals surface area (Å²) in [6.07, 6.45) is 6.25. The Morgan fingerprint density at radius 1 is 1.38 bits per heavy atom. The summed E-state index contributed by atoms with van der Waals surface area (Å²) in [4.78, 5) is 4.32. The van der Waals surface area contributed by atoms with Crippen LogP contribution in [0.3, 0.4) is 0 Å². The largest absolute Gasteiger partial charge is 0.304 e. The van der Waals surface area contributed by atoms with Crippen LogP contribution in [-0.2, 0) is 6.42 Å². The lowest BCUT2D eigenvalue weighted by Crippen LogP contribution is -1.92. The number of halogens is 1. The molecule has 0 amide bonds. The van der Waals surface area contributed by atoms with Crippen LogP contribution in [-0.4, -0.2) is 14.7 Å². The molecular formula is C10H11BrN2. The third-order valence-electron chi connectivity index (χ3n) is 2.06. The molecule has 0 saturated carbocycles. The Labute approximate surface area is 85.7 Å². The summed E-state index contributed by atoms with van der Waals surface area (Å²) in [6, 6.07) is 6.07. The van der Waals surface area contributed by atoms with Gasteiger partial charge in [0.05, 0.1) is 0 Å². The summed E-state index contributed by atoms with van der Waals surface area (Å²) < 4.78 is 2.14. The fourth-order valence-corrected chi connectivity index (χ4v) is 1.70. The van der Waals surface area contributed by atoms with Crippen molar-refractivity contribution in [2.45, 2.75) is 12.8 Å². The van der Waals surface area contributed by atoms with Crippen molar-refractivity contribution >= 4 is 21.6 Å². The summed E-state index contributed by atoms with van der Waals surface area (Å²) in [5.74, 6) is 0. The van der Waals surface area contributed by atoms with E-state index in [9.17, 15) is 0 Å². The van der Waals surface area contributed by atoms with E-state index in [0.717, 1.165) is 23.8 Å². The Morgan fingerprint density at radius 2 is 2.31 bits per heavy atom. The normalized spacial score (nSPS) is 10.8. The molecule has 0 aromatic carbocycles. The predicted molar refractivity (Wildman–Crippen MR) is 57.3 cm³/mol. The van der Waals surface area contributed by atoms with E-state index < -0.39 is 0 Å². The molecule has 0 saturated heterocycles. The summed E-state index contributed by atoms with van der Waals surface area (Å²) in [5.41, 5.74) is 2.32. The molecule has 0 bridgehead atoms. The Kier molecular flexibility index (Phi) is 2.64. The quantitative estimate of drug-likeness (QED) is 0.752. The van der Waals surface area contributed by atoms with Gasteiger partial charge in [0.15, 0.2) is 0 Å². The fraction of sp³-hybridized carbons (Fsp3) is 0.300. The summed E-state index contributed by atoms with van der Waals surface area (Å²) >= 11 is 3.43. The van der Waals surface area contributed by atoms with Gasteiger partial charge >= 0.3 is 0 Å². The van der Waals surface area contributed by atoms with Crippen molar-refractivity contribution in [2.75, 3.05) is 5.33 Å². The van der Waals surface area contributed by atoms with Crippen LogP contribution in [0.2, 0.25) is 0 Å². The number of nitrogens with zero attached hydrogens (tertiary/aromatic N) is 2. The first kappa shape index (κ1) is 8.75. The van der Waals surface area contributed by atoms with Gasteiger partial charge in [0, 0.05) is 23.4 Å². The van der Waals surface area contributed by atoms with E-state index in [1.807, 2.05) is 24.4 Å². The minimum absolute atomic E-state index is 1.03. The molecule has 2 heterocycles. The topological polar surface area (TPSA) is 17.3 Å². The number of alkyl halides is 1. The van der Waals surface area contributed by atoms with Crippen molar-refractivity contribution < 1.29 is 0 Å². The maximum Gasteiger partial charge on any atom is 0.136 e. The molecule has 0 N–H and O–H groups in total. The zero-order valence-electron chi connectivity index (χ0n) is 7.28. The molecule has 0 aliphatic rings. The van der Waals surface area contributed by atoms with E-state index in [1.165, 1.54) is 5.69 Å². The van der Waals surface area contributed by atoms with Gasteiger partial charge in [-0.2, -0.15) is 0 Å². The van der Waals surface area contributed by atoms with Gasteiger partial charge in [0.2, 0.25) is 0 Å². The van der Waals surface area contributed by atoms with Crippen LogP contribution in [0.4, 0.5) is 0 Å². The second-order valence-electron chi connectivity index (χ2n) is 2.97. The highest BCUT2D eigenvalue weighted by molar-refractivity contribution is 9.09. The van der Waals surface area contributed by atoms with Gasteiger partial charge in [-0.1, -0.05) is 22.0 Å². The minimum Gasteiger partial charge on any atom is -0.304 e. The van der Waals surface area contributed by atoms with Gasteiger partial charge < -0.3 is 4.40 Å². The van der Waals surface area contributed by atoms with Crippen molar-refractivity contribution in [3.63, 3.8) is 0 Å². The molecule has 2 nitrogen and oxygen atoms in total. The summed E-state index contributed by atoms with van der Waals surface area (Å²) in [6.45, 7) is 0. The third kappa shape index (κ3) is 1.75. The van der Waals surface area contributed by atoms with Crippen LogP contribution in [0.15, 0.2) is 30.6 Å². The number of hydrogen-bond acceptors (Lipinski definition) is 1. The van der Waals surface area contributed by atoms with Crippen LogP contribution in [0.5, 0.6) is 0 Å². The minimum atomic E-state index is 1.03. The fourth-order valence-electron chi connectivity index (χ4n) is 1.42. The molecule has 2 rings (SSSR count). The van der Waals surface area contributed by atoms with E-state index >= 15 is 0 Å². The average Bonchev–Trinajstić information content (AvgIpc) is 2.58. The van der Waals surface area contributed by atoms with Crippen molar-refractivity contribution in [1.82, 2.24) is 9.38 Å². The van der Waals surface area contributed by atoms with Crippen LogP contribution in [0, 0.1) is 0 Å². The predicted octanol–water partition coefficient (Wildman–Crippen LogP) is 2.66. The van der Waals surface area contributed by atoms with Gasteiger partial charge in [-0.3, -0.25) is 0 Å².